The van der Waals surface area contributed by atoms with Gasteiger partial charge in [-0.25, -0.2) is 0 Å². The molecule has 0 bridgehead atoms. The van der Waals surface area contributed by atoms with Crippen LogP contribution >= 0.6 is 0 Å². The average Bonchev–Trinajstić information content (AvgIpc) is 2.48. The molecule has 0 saturated carbocycles. The van der Waals surface area contributed by atoms with Crippen LogP contribution in [0.25, 0.3) is 0 Å². The van der Waals surface area contributed by atoms with E-state index in [1.54, 1.807) is 0 Å². The fourth-order valence-corrected chi connectivity index (χ4v) is 3.57. The number of piperidine rings is 1. The average molecular weight is 316 g/mol. The highest BCUT2D eigenvalue weighted by Crippen LogP contribution is 2.25. The number of carbonyl (C=O) groups excluding carboxylic acids is 1. The van der Waals surface area contributed by atoms with Gasteiger partial charge in [-0.15, -0.1) is 0 Å². The zero-order valence-corrected chi connectivity index (χ0v) is 14.5. The predicted molar refractivity (Wildman–Crippen MR) is 91.6 cm³/mol. The number of ether oxygens (including phenoxy) is 1. The van der Waals surface area contributed by atoms with Crippen molar-refractivity contribution in [2.24, 2.45) is 5.92 Å². The van der Waals surface area contributed by atoms with Gasteiger partial charge < -0.3 is 9.64 Å². The first kappa shape index (κ1) is 16.3. The Balaban J connectivity index is 1.44. The zero-order chi connectivity index (χ0) is 16.4. The van der Waals surface area contributed by atoms with E-state index in [-0.39, 0.29) is 0 Å². The van der Waals surface area contributed by atoms with Crippen molar-refractivity contribution >= 4 is 5.91 Å². The summed E-state index contributed by atoms with van der Waals surface area (Å²) in [5.74, 6) is 1.93. The number of hydrogen-bond donors (Lipinski definition) is 0. The van der Waals surface area contributed by atoms with Crippen molar-refractivity contribution in [2.75, 3.05) is 26.2 Å². The van der Waals surface area contributed by atoms with Crippen LogP contribution in [0.2, 0.25) is 0 Å². The van der Waals surface area contributed by atoms with E-state index in [4.69, 9.17) is 4.74 Å². The van der Waals surface area contributed by atoms with Gasteiger partial charge >= 0.3 is 0 Å². The van der Waals surface area contributed by atoms with E-state index >= 15 is 0 Å². The summed E-state index contributed by atoms with van der Waals surface area (Å²) < 4.78 is 6.07. The number of nitrogens with zero attached hydrogens (tertiary/aromatic N) is 2. The van der Waals surface area contributed by atoms with Crippen molar-refractivity contribution in [3.05, 3.63) is 29.8 Å². The van der Waals surface area contributed by atoms with Crippen LogP contribution in [0.3, 0.4) is 0 Å². The molecule has 4 nitrogen and oxygen atoms in total. The maximum Gasteiger partial charge on any atom is 0.222 e. The highest BCUT2D eigenvalue weighted by atomic mass is 16.5. The summed E-state index contributed by atoms with van der Waals surface area (Å²) in [5.41, 5.74) is 1.20. The first-order valence-corrected chi connectivity index (χ1v) is 8.77. The molecule has 4 heteroatoms. The summed E-state index contributed by atoms with van der Waals surface area (Å²) in [6, 6.07) is 8.52. The molecule has 1 unspecified atom stereocenters. The second-order valence-electron chi connectivity index (χ2n) is 7.27. The van der Waals surface area contributed by atoms with Crippen LogP contribution < -0.4 is 4.74 Å². The van der Waals surface area contributed by atoms with E-state index in [0.29, 0.717) is 30.4 Å². The smallest absolute Gasteiger partial charge is 0.222 e. The number of para-hydroxylation sites is 1. The molecule has 1 aromatic rings. The maximum atomic E-state index is 11.9. The summed E-state index contributed by atoms with van der Waals surface area (Å²) in [6.45, 7) is 10.3. The minimum Gasteiger partial charge on any atom is -0.487 e. The van der Waals surface area contributed by atoms with Crippen LogP contribution in [0.4, 0.5) is 0 Å². The largest absolute Gasteiger partial charge is 0.487 e. The van der Waals surface area contributed by atoms with E-state index in [2.05, 4.69) is 31.7 Å². The van der Waals surface area contributed by atoms with Crippen LogP contribution in [-0.4, -0.2) is 54.0 Å². The molecule has 2 fully saturated rings. The van der Waals surface area contributed by atoms with Gasteiger partial charge in [-0.3, -0.25) is 9.69 Å². The van der Waals surface area contributed by atoms with Crippen molar-refractivity contribution < 1.29 is 9.53 Å². The van der Waals surface area contributed by atoms with E-state index in [1.165, 1.54) is 5.56 Å². The predicted octanol–water partition coefficient (Wildman–Crippen LogP) is 2.71. The van der Waals surface area contributed by atoms with Gasteiger partial charge in [-0.2, -0.15) is 0 Å². The molecule has 0 spiro atoms. The Kier molecular flexibility index (Phi) is 4.90. The van der Waals surface area contributed by atoms with Gasteiger partial charge in [0.05, 0.1) is 0 Å². The molecule has 0 aromatic heterocycles. The Labute approximate surface area is 139 Å². The number of amides is 1. The van der Waals surface area contributed by atoms with Crippen LogP contribution in [0, 0.1) is 12.8 Å². The Bertz CT molecular complexity index is 552. The van der Waals surface area contributed by atoms with Gasteiger partial charge in [0.25, 0.3) is 0 Å². The highest BCUT2D eigenvalue weighted by Gasteiger charge is 2.33. The molecule has 2 aliphatic rings. The van der Waals surface area contributed by atoms with E-state index in [0.717, 1.165) is 38.3 Å². The lowest BCUT2D eigenvalue weighted by atomic mass is 9.94. The second-order valence-corrected chi connectivity index (χ2v) is 7.27. The molecule has 0 radical (unpaired) electrons. The number of hydrogen-bond acceptors (Lipinski definition) is 3. The molecule has 0 aliphatic carbocycles. The monoisotopic (exact) mass is 316 g/mol. The van der Waals surface area contributed by atoms with Gasteiger partial charge in [0.2, 0.25) is 5.91 Å². The molecule has 126 valence electrons. The topological polar surface area (TPSA) is 32.8 Å². The van der Waals surface area contributed by atoms with Gasteiger partial charge in [-0.1, -0.05) is 18.2 Å². The van der Waals surface area contributed by atoms with Crippen molar-refractivity contribution in [3.8, 4) is 5.75 Å². The standard InChI is InChI=1S/C19H28N2O2/c1-14(2)21-11-16(8-9-19(21)22)10-20-12-17(13-20)23-18-7-5-4-6-15(18)3/h4-7,14,16-17H,8-13H2,1-3H3. The number of aryl methyl sites for hydroxylation is 1. The lowest BCUT2D eigenvalue weighted by Gasteiger charge is -2.43. The van der Waals surface area contributed by atoms with Gasteiger partial charge in [0.1, 0.15) is 11.9 Å². The third-order valence-electron chi connectivity index (χ3n) is 4.99. The molecular formula is C19H28N2O2. The van der Waals surface area contributed by atoms with E-state index in [1.807, 2.05) is 23.1 Å². The Morgan fingerprint density at radius 3 is 2.65 bits per heavy atom. The number of likely N-dealkylation sites (tertiary alicyclic amines) is 2. The third kappa shape index (κ3) is 3.86. The fraction of sp³-hybridized carbons (Fsp3) is 0.632. The third-order valence-corrected chi connectivity index (χ3v) is 4.99. The van der Waals surface area contributed by atoms with Crippen LogP contribution in [0.1, 0.15) is 32.3 Å². The minimum absolute atomic E-state index is 0.308. The normalized spacial score (nSPS) is 23.2. The first-order valence-electron chi connectivity index (χ1n) is 8.77. The Morgan fingerprint density at radius 1 is 1.22 bits per heavy atom. The van der Waals surface area contributed by atoms with Crippen molar-refractivity contribution in [3.63, 3.8) is 0 Å². The SMILES string of the molecule is Cc1ccccc1OC1CN(CC2CCC(=O)N(C(C)C)C2)C1. The van der Waals surface area contributed by atoms with Crippen molar-refractivity contribution in [2.45, 2.75) is 45.8 Å². The van der Waals surface area contributed by atoms with Gasteiger partial charge in [0, 0.05) is 38.6 Å². The Hall–Kier alpha value is -1.55. The molecule has 2 aliphatic heterocycles. The summed E-state index contributed by atoms with van der Waals surface area (Å²) in [4.78, 5) is 16.4. The fourth-order valence-electron chi connectivity index (χ4n) is 3.57. The molecule has 23 heavy (non-hydrogen) atoms. The lowest BCUT2D eigenvalue weighted by Crippen LogP contribution is -2.56. The van der Waals surface area contributed by atoms with Crippen LogP contribution in [0.15, 0.2) is 24.3 Å². The molecule has 1 aromatic carbocycles. The van der Waals surface area contributed by atoms with Gasteiger partial charge in [-0.05, 0) is 44.7 Å². The second kappa shape index (κ2) is 6.91. The molecule has 3 rings (SSSR count). The highest BCUT2D eigenvalue weighted by molar-refractivity contribution is 5.77. The molecule has 0 N–H and O–H groups in total. The maximum absolute atomic E-state index is 11.9. The zero-order valence-electron chi connectivity index (χ0n) is 14.5. The lowest BCUT2D eigenvalue weighted by molar-refractivity contribution is -0.137. The number of benzene rings is 1. The molecule has 2 saturated heterocycles. The molecule has 1 amide bonds. The van der Waals surface area contributed by atoms with Crippen LogP contribution in [0.5, 0.6) is 5.75 Å². The first-order chi connectivity index (χ1) is 11.0. The summed E-state index contributed by atoms with van der Waals surface area (Å²) in [7, 11) is 0. The molecule has 1 atom stereocenters. The van der Waals surface area contributed by atoms with Crippen LogP contribution in [-0.2, 0) is 4.79 Å². The minimum atomic E-state index is 0.308. The van der Waals surface area contributed by atoms with Crippen molar-refractivity contribution in [1.82, 2.24) is 9.80 Å². The molecular weight excluding hydrogens is 288 g/mol. The Morgan fingerprint density at radius 2 is 1.96 bits per heavy atom. The quantitative estimate of drug-likeness (QED) is 0.837. The number of rotatable bonds is 5. The van der Waals surface area contributed by atoms with E-state index < -0.39 is 0 Å². The molecule has 2 heterocycles. The summed E-state index contributed by atoms with van der Waals surface area (Å²) in [5, 5.41) is 0. The van der Waals surface area contributed by atoms with E-state index in [9.17, 15) is 4.79 Å². The van der Waals surface area contributed by atoms with Gasteiger partial charge in [0.15, 0.2) is 0 Å². The summed E-state index contributed by atoms with van der Waals surface area (Å²) >= 11 is 0. The van der Waals surface area contributed by atoms with Crippen molar-refractivity contribution in [1.29, 1.82) is 0 Å². The number of carbonyl (C=O) groups is 1. The summed E-state index contributed by atoms with van der Waals surface area (Å²) in [6.07, 6.45) is 2.05.